The Hall–Kier alpha value is -3.91. The maximum absolute atomic E-state index is 12.7. The molecule has 0 bridgehead atoms. The van der Waals surface area contributed by atoms with Gasteiger partial charge >= 0.3 is 5.85 Å². The van der Waals surface area contributed by atoms with Gasteiger partial charge in [-0.25, -0.2) is 5.01 Å². The van der Waals surface area contributed by atoms with Crippen molar-refractivity contribution in [3.8, 4) is 17.2 Å². The number of ether oxygens (including phenoxy) is 2. The Morgan fingerprint density at radius 1 is 1.18 bits per heavy atom. The van der Waals surface area contributed by atoms with Crippen LogP contribution in [0.15, 0.2) is 82.8 Å². The molecule has 2 atom stereocenters. The number of carbonyl (C=O) groups excluding carboxylic acids is 1. The van der Waals surface area contributed by atoms with E-state index in [4.69, 9.17) is 14.6 Å². The summed E-state index contributed by atoms with van der Waals surface area (Å²) < 4.78 is 11.8. The van der Waals surface area contributed by atoms with Crippen molar-refractivity contribution in [3.63, 3.8) is 0 Å². The lowest BCUT2D eigenvalue weighted by Crippen LogP contribution is -2.61. The Kier molecular flexibility index (Phi) is 4.77. The number of phenols is 1. The van der Waals surface area contributed by atoms with Crippen LogP contribution < -0.4 is 14.8 Å². The number of benzene rings is 3. The van der Waals surface area contributed by atoms with E-state index in [9.17, 15) is 9.90 Å². The molecule has 0 aromatic heterocycles. The van der Waals surface area contributed by atoms with Crippen LogP contribution in [0.2, 0.25) is 0 Å². The highest BCUT2D eigenvalue weighted by atomic mass is 32.2. The second kappa shape index (κ2) is 7.85. The molecule has 3 heterocycles. The van der Waals surface area contributed by atoms with Gasteiger partial charge in [-0.05, 0) is 47.2 Å². The SMILES string of the molecule is COc1cc(/C=C2\SC(=O)N[C@]23Oc2ccccc2[C@@H]2CC(c4ccccc4)=NN23)ccc1O. The Balaban J connectivity index is 1.50. The van der Waals surface area contributed by atoms with E-state index >= 15 is 0 Å². The zero-order chi connectivity index (χ0) is 23.3. The van der Waals surface area contributed by atoms with Crippen molar-refractivity contribution in [1.82, 2.24) is 10.3 Å². The van der Waals surface area contributed by atoms with Crippen molar-refractivity contribution in [1.29, 1.82) is 0 Å². The highest BCUT2D eigenvalue weighted by molar-refractivity contribution is 8.17. The minimum Gasteiger partial charge on any atom is -0.504 e. The Morgan fingerprint density at radius 2 is 1.97 bits per heavy atom. The van der Waals surface area contributed by atoms with Crippen molar-refractivity contribution >= 4 is 28.8 Å². The van der Waals surface area contributed by atoms with E-state index in [0.717, 1.165) is 34.2 Å². The number of hydrazone groups is 1. The fourth-order valence-electron chi connectivity index (χ4n) is 4.61. The van der Waals surface area contributed by atoms with Crippen LogP contribution in [0.5, 0.6) is 17.2 Å². The molecular weight excluding hydrogens is 450 g/mol. The minimum atomic E-state index is -1.28. The van der Waals surface area contributed by atoms with Crippen LogP contribution in [0, 0.1) is 0 Å². The first-order chi connectivity index (χ1) is 16.6. The van der Waals surface area contributed by atoms with E-state index in [2.05, 4.69) is 5.32 Å². The largest absolute Gasteiger partial charge is 0.504 e. The number of thioether (sulfide) groups is 1. The average Bonchev–Trinajstić information content (AvgIpc) is 3.44. The average molecular weight is 472 g/mol. The zero-order valence-corrected chi connectivity index (χ0v) is 19.1. The molecule has 3 aliphatic heterocycles. The predicted octanol–water partition coefficient (Wildman–Crippen LogP) is 5.10. The second-order valence-electron chi connectivity index (χ2n) is 8.22. The summed E-state index contributed by atoms with van der Waals surface area (Å²) in [4.78, 5) is 13.4. The van der Waals surface area contributed by atoms with Crippen LogP contribution in [0.25, 0.3) is 6.08 Å². The van der Waals surface area contributed by atoms with Gasteiger partial charge in [0.1, 0.15) is 5.75 Å². The van der Waals surface area contributed by atoms with Gasteiger partial charge in [0, 0.05) is 12.0 Å². The maximum Gasteiger partial charge on any atom is 0.314 e. The van der Waals surface area contributed by atoms with E-state index in [1.807, 2.05) is 65.7 Å². The van der Waals surface area contributed by atoms with E-state index in [-0.39, 0.29) is 17.0 Å². The molecule has 1 saturated heterocycles. The molecule has 170 valence electrons. The number of methoxy groups -OCH3 is 1. The highest BCUT2D eigenvalue weighted by Gasteiger charge is 2.58. The number of para-hydroxylation sites is 1. The molecule has 1 fully saturated rings. The topological polar surface area (TPSA) is 83.4 Å². The van der Waals surface area contributed by atoms with Crippen LogP contribution in [0.3, 0.4) is 0 Å². The molecule has 0 saturated carbocycles. The molecular formula is C26H21N3O4S. The lowest BCUT2D eigenvalue weighted by Gasteiger charge is -2.45. The van der Waals surface area contributed by atoms with E-state index in [0.29, 0.717) is 22.8 Å². The quantitative estimate of drug-likeness (QED) is 0.553. The molecule has 3 aliphatic rings. The molecule has 3 aromatic carbocycles. The first-order valence-corrected chi connectivity index (χ1v) is 11.7. The number of nitrogens with one attached hydrogen (secondary N) is 1. The van der Waals surface area contributed by atoms with Gasteiger partial charge in [0.2, 0.25) is 0 Å². The van der Waals surface area contributed by atoms with Crippen molar-refractivity contribution in [3.05, 3.63) is 94.4 Å². The molecule has 7 nitrogen and oxygen atoms in total. The summed E-state index contributed by atoms with van der Waals surface area (Å²) >= 11 is 1.08. The standard InChI is InChI=1S/C26H21N3O4S/c1-32-23-13-16(11-12-21(23)30)14-24-26(27-25(31)34-24)29-20(18-9-5-6-10-22(18)33-26)15-19(28-29)17-7-3-2-4-8-17/h2-14,20,30H,15H2,1H3,(H,27,31)/b24-14-/t20-,26+/m0/s1. The van der Waals surface area contributed by atoms with Gasteiger partial charge in [-0.15, -0.1) is 0 Å². The molecule has 3 aromatic rings. The van der Waals surface area contributed by atoms with Crippen molar-refractivity contribution < 1.29 is 19.4 Å². The van der Waals surface area contributed by atoms with Crippen LogP contribution in [-0.4, -0.2) is 34.0 Å². The lowest BCUT2D eigenvalue weighted by molar-refractivity contribution is -0.0949. The zero-order valence-electron chi connectivity index (χ0n) is 18.3. The van der Waals surface area contributed by atoms with Gasteiger partial charge in [0.05, 0.1) is 23.8 Å². The van der Waals surface area contributed by atoms with Crippen molar-refractivity contribution in [2.75, 3.05) is 7.11 Å². The monoisotopic (exact) mass is 471 g/mol. The fraction of sp³-hybridized carbons (Fsp3) is 0.154. The molecule has 2 N–H and O–H groups in total. The maximum atomic E-state index is 12.7. The van der Waals surface area contributed by atoms with Crippen LogP contribution in [0.4, 0.5) is 4.79 Å². The van der Waals surface area contributed by atoms with Crippen LogP contribution in [0.1, 0.15) is 29.2 Å². The normalized spacial score (nSPS) is 23.9. The van der Waals surface area contributed by atoms with Gasteiger partial charge in [-0.1, -0.05) is 54.6 Å². The third-order valence-corrected chi connectivity index (χ3v) is 7.09. The summed E-state index contributed by atoms with van der Waals surface area (Å²) in [6, 6.07) is 22.9. The molecule has 1 amide bonds. The highest BCUT2D eigenvalue weighted by Crippen LogP contribution is 2.52. The number of hydrogen-bond donors (Lipinski definition) is 2. The summed E-state index contributed by atoms with van der Waals surface area (Å²) in [5.41, 5.74) is 3.76. The first-order valence-electron chi connectivity index (χ1n) is 10.9. The summed E-state index contributed by atoms with van der Waals surface area (Å²) in [7, 11) is 1.50. The summed E-state index contributed by atoms with van der Waals surface area (Å²) in [6.45, 7) is 0. The molecule has 34 heavy (non-hydrogen) atoms. The summed E-state index contributed by atoms with van der Waals surface area (Å²) in [5.74, 6) is -0.163. The molecule has 0 unspecified atom stereocenters. The first kappa shape index (κ1) is 20.7. The van der Waals surface area contributed by atoms with E-state index in [1.54, 1.807) is 18.2 Å². The molecule has 0 radical (unpaired) electrons. The lowest BCUT2D eigenvalue weighted by atomic mass is 9.95. The fourth-order valence-corrected chi connectivity index (χ4v) is 5.51. The number of phenolic OH excluding ortho intramolecular Hbond substituents is 1. The smallest absolute Gasteiger partial charge is 0.314 e. The minimum absolute atomic E-state index is 0.0483. The number of nitrogens with zero attached hydrogens (tertiary/aromatic N) is 2. The van der Waals surface area contributed by atoms with E-state index < -0.39 is 5.85 Å². The van der Waals surface area contributed by atoms with Crippen LogP contribution >= 0.6 is 11.8 Å². The number of rotatable bonds is 3. The van der Waals surface area contributed by atoms with Gasteiger partial charge in [0.25, 0.3) is 5.24 Å². The van der Waals surface area contributed by atoms with Crippen molar-refractivity contribution in [2.45, 2.75) is 18.3 Å². The Bertz CT molecular complexity index is 1360. The van der Waals surface area contributed by atoms with Gasteiger partial charge in [0.15, 0.2) is 11.5 Å². The summed E-state index contributed by atoms with van der Waals surface area (Å²) in [6.07, 6.45) is 2.55. The number of carbonyl (C=O) groups is 1. The second-order valence-corrected chi connectivity index (χ2v) is 9.23. The Labute approximate surface area is 200 Å². The third kappa shape index (κ3) is 3.21. The number of aromatic hydroxyl groups is 1. The molecule has 0 aliphatic carbocycles. The van der Waals surface area contributed by atoms with Gasteiger partial charge < -0.3 is 14.6 Å². The third-order valence-electron chi connectivity index (χ3n) is 6.19. The molecule has 8 heteroatoms. The van der Waals surface area contributed by atoms with E-state index in [1.165, 1.54) is 7.11 Å². The molecule has 1 spiro atoms. The van der Waals surface area contributed by atoms with Crippen molar-refractivity contribution in [2.24, 2.45) is 5.10 Å². The number of amides is 1. The number of fused-ring (bicyclic) bond motifs is 4. The summed E-state index contributed by atoms with van der Waals surface area (Å²) in [5, 5.41) is 19.6. The number of hydrogen-bond acceptors (Lipinski definition) is 7. The van der Waals surface area contributed by atoms with Gasteiger partial charge in [-0.3, -0.25) is 10.1 Å². The predicted molar refractivity (Wildman–Crippen MR) is 131 cm³/mol. The Morgan fingerprint density at radius 3 is 2.79 bits per heavy atom. The molecule has 6 rings (SSSR count). The van der Waals surface area contributed by atoms with Crippen LogP contribution in [-0.2, 0) is 0 Å². The van der Waals surface area contributed by atoms with Gasteiger partial charge in [-0.2, -0.15) is 5.10 Å².